The highest BCUT2D eigenvalue weighted by Gasteiger charge is 2.29. The molecule has 1 saturated heterocycles. The molecule has 4 nitrogen and oxygen atoms in total. The van der Waals surface area contributed by atoms with Crippen LogP contribution < -0.4 is 0 Å². The highest BCUT2D eigenvalue weighted by atomic mass is 32.1. The van der Waals surface area contributed by atoms with Gasteiger partial charge in [-0.2, -0.15) is 12.6 Å². The molecule has 92 valence electrons. The minimum atomic E-state index is -0.381. The number of carbonyl (C=O) groups excluding carboxylic acids is 2. The van der Waals surface area contributed by atoms with Gasteiger partial charge in [-0.25, -0.2) is 0 Å². The Kier molecular flexibility index (Phi) is 5.12. The fraction of sp³-hybridized carbons (Fsp3) is 0.818. The molecule has 1 fully saturated rings. The standard InChI is InChI=1S/C11H20N2O2S/c1-9(4-8-16)3-5-13-7-6-12(2)10(14)11(13)15/h9,16H,3-8H2,1-2H3. The van der Waals surface area contributed by atoms with Crippen LogP contribution in [0.1, 0.15) is 19.8 Å². The van der Waals surface area contributed by atoms with Gasteiger partial charge in [0.15, 0.2) is 0 Å². The smallest absolute Gasteiger partial charge is 0.312 e. The first-order valence-corrected chi connectivity index (χ1v) is 6.34. The first kappa shape index (κ1) is 13.4. The van der Waals surface area contributed by atoms with E-state index in [9.17, 15) is 9.59 Å². The van der Waals surface area contributed by atoms with Gasteiger partial charge in [0.2, 0.25) is 0 Å². The van der Waals surface area contributed by atoms with E-state index in [1.54, 1.807) is 11.9 Å². The van der Waals surface area contributed by atoms with Gasteiger partial charge in [0.25, 0.3) is 0 Å². The monoisotopic (exact) mass is 244 g/mol. The van der Waals surface area contributed by atoms with Crippen LogP contribution in [0.2, 0.25) is 0 Å². The molecule has 1 aliphatic rings. The number of hydrogen-bond donors (Lipinski definition) is 1. The zero-order valence-electron chi connectivity index (χ0n) is 9.98. The van der Waals surface area contributed by atoms with Crippen LogP contribution in [-0.2, 0) is 9.59 Å². The largest absolute Gasteiger partial charge is 0.336 e. The molecule has 1 atom stereocenters. The van der Waals surface area contributed by atoms with Crippen molar-refractivity contribution in [3.63, 3.8) is 0 Å². The molecule has 0 aromatic heterocycles. The molecular weight excluding hydrogens is 224 g/mol. The Hall–Kier alpha value is -0.710. The second-order valence-corrected chi connectivity index (χ2v) is 4.87. The Bertz CT molecular complexity index is 271. The van der Waals surface area contributed by atoms with E-state index in [2.05, 4.69) is 19.6 Å². The molecule has 1 rings (SSSR count). The lowest BCUT2D eigenvalue weighted by atomic mass is 10.0. The van der Waals surface area contributed by atoms with Crippen LogP contribution in [0.25, 0.3) is 0 Å². The lowest BCUT2D eigenvalue weighted by Gasteiger charge is -2.32. The fourth-order valence-electron chi connectivity index (χ4n) is 1.73. The van der Waals surface area contributed by atoms with Gasteiger partial charge >= 0.3 is 11.8 Å². The molecule has 0 N–H and O–H groups in total. The predicted molar refractivity (Wildman–Crippen MR) is 66.5 cm³/mol. The molecule has 0 bridgehead atoms. The highest BCUT2D eigenvalue weighted by molar-refractivity contribution is 7.80. The molecule has 0 aromatic carbocycles. The van der Waals surface area contributed by atoms with Crippen LogP contribution in [0, 0.1) is 5.92 Å². The van der Waals surface area contributed by atoms with Gasteiger partial charge in [-0.05, 0) is 24.5 Å². The van der Waals surface area contributed by atoms with Gasteiger partial charge in [-0.1, -0.05) is 6.92 Å². The summed E-state index contributed by atoms with van der Waals surface area (Å²) in [7, 11) is 1.67. The van der Waals surface area contributed by atoms with E-state index in [-0.39, 0.29) is 11.8 Å². The van der Waals surface area contributed by atoms with Gasteiger partial charge in [0, 0.05) is 26.7 Å². The summed E-state index contributed by atoms with van der Waals surface area (Å²) in [5.74, 6) is 0.691. The number of thiol groups is 1. The number of nitrogens with zero attached hydrogens (tertiary/aromatic N) is 2. The molecule has 0 saturated carbocycles. The zero-order chi connectivity index (χ0) is 12.1. The van der Waals surface area contributed by atoms with Crippen LogP contribution >= 0.6 is 12.6 Å². The first-order chi connectivity index (χ1) is 7.56. The summed E-state index contributed by atoms with van der Waals surface area (Å²) in [6, 6.07) is 0. The Labute approximate surface area is 102 Å². The van der Waals surface area contributed by atoms with E-state index in [1.165, 1.54) is 4.90 Å². The van der Waals surface area contributed by atoms with Crippen molar-refractivity contribution in [2.45, 2.75) is 19.8 Å². The maximum absolute atomic E-state index is 11.6. The topological polar surface area (TPSA) is 40.6 Å². The van der Waals surface area contributed by atoms with Gasteiger partial charge in [0.05, 0.1) is 0 Å². The van der Waals surface area contributed by atoms with Crippen molar-refractivity contribution >= 4 is 24.4 Å². The third kappa shape index (κ3) is 3.40. The summed E-state index contributed by atoms with van der Waals surface area (Å²) in [5.41, 5.74) is 0. The Morgan fingerprint density at radius 1 is 1.25 bits per heavy atom. The molecule has 0 aromatic rings. The molecule has 0 aliphatic carbocycles. The van der Waals surface area contributed by atoms with Gasteiger partial charge in [0.1, 0.15) is 0 Å². The molecule has 16 heavy (non-hydrogen) atoms. The Balaban J connectivity index is 2.38. The second kappa shape index (κ2) is 6.13. The summed E-state index contributed by atoms with van der Waals surface area (Å²) >= 11 is 4.18. The van der Waals surface area contributed by atoms with Crippen LogP contribution in [0.15, 0.2) is 0 Å². The van der Waals surface area contributed by atoms with Crippen molar-refractivity contribution in [1.29, 1.82) is 0 Å². The maximum Gasteiger partial charge on any atom is 0.312 e. The predicted octanol–water partition coefficient (Wildman–Crippen LogP) is 0.633. The van der Waals surface area contributed by atoms with Crippen molar-refractivity contribution in [3.05, 3.63) is 0 Å². The third-order valence-electron chi connectivity index (χ3n) is 3.04. The summed E-state index contributed by atoms with van der Waals surface area (Å²) < 4.78 is 0. The number of amides is 2. The molecule has 5 heteroatoms. The summed E-state index contributed by atoms with van der Waals surface area (Å²) in [6.07, 6.45) is 2.00. The Morgan fingerprint density at radius 3 is 2.56 bits per heavy atom. The van der Waals surface area contributed by atoms with Crippen LogP contribution in [0.5, 0.6) is 0 Å². The SMILES string of the molecule is CC(CCS)CCN1CCN(C)C(=O)C1=O. The van der Waals surface area contributed by atoms with Crippen molar-refractivity contribution in [2.24, 2.45) is 5.92 Å². The number of hydrogen-bond acceptors (Lipinski definition) is 3. The number of likely N-dealkylation sites (N-methyl/N-ethyl adjacent to an activating group) is 1. The average molecular weight is 244 g/mol. The van der Waals surface area contributed by atoms with E-state index >= 15 is 0 Å². The van der Waals surface area contributed by atoms with E-state index in [4.69, 9.17) is 0 Å². The van der Waals surface area contributed by atoms with Crippen molar-refractivity contribution in [1.82, 2.24) is 9.80 Å². The fourth-order valence-corrected chi connectivity index (χ4v) is 2.17. The third-order valence-corrected chi connectivity index (χ3v) is 3.29. The number of rotatable bonds is 5. The lowest BCUT2D eigenvalue weighted by Crippen LogP contribution is -2.53. The van der Waals surface area contributed by atoms with Crippen LogP contribution in [-0.4, -0.2) is 54.0 Å². The van der Waals surface area contributed by atoms with E-state index < -0.39 is 0 Å². The highest BCUT2D eigenvalue weighted by Crippen LogP contribution is 2.11. The Morgan fingerprint density at radius 2 is 1.94 bits per heavy atom. The normalized spacial score (nSPS) is 19.2. The molecule has 1 unspecified atom stereocenters. The van der Waals surface area contributed by atoms with E-state index in [0.717, 1.165) is 18.6 Å². The molecular formula is C11H20N2O2S. The zero-order valence-corrected chi connectivity index (χ0v) is 10.9. The van der Waals surface area contributed by atoms with E-state index in [0.29, 0.717) is 25.6 Å². The van der Waals surface area contributed by atoms with Gasteiger partial charge in [-0.3, -0.25) is 9.59 Å². The number of piperazine rings is 1. The summed E-state index contributed by atoms with van der Waals surface area (Å²) in [4.78, 5) is 26.2. The van der Waals surface area contributed by atoms with Crippen molar-refractivity contribution < 1.29 is 9.59 Å². The van der Waals surface area contributed by atoms with Gasteiger partial charge < -0.3 is 9.80 Å². The minimum Gasteiger partial charge on any atom is -0.336 e. The van der Waals surface area contributed by atoms with E-state index in [1.807, 2.05) is 0 Å². The van der Waals surface area contributed by atoms with Crippen LogP contribution in [0.4, 0.5) is 0 Å². The summed E-state index contributed by atoms with van der Waals surface area (Å²) in [6.45, 7) is 4.14. The quantitative estimate of drug-likeness (QED) is 0.569. The molecule has 0 spiro atoms. The van der Waals surface area contributed by atoms with Crippen LogP contribution in [0.3, 0.4) is 0 Å². The first-order valence-electron chi connectivity index (χ1n) is 5.71. The summed E-state index contributed by atoms with van der Waals surface area (Å²) in [5, 5.41) is 0. The molecule has 0 radical (unpaired) electrons. The molecule has 2 amide bonds. The average Bonchev–Trinajstić information content (AvgIpc) is 2.25. The minimum absolute atomic E-state index is 0.355. The molecule has 1 heterocycles. The maximum atomic E-state index is 11.6. The number of carbonyl (C=O) groups is 2. The van der Waals surface area contributed by atoms with Gasteiger partial charge in [-0.15, -0.1) is 0 Å². The molecule has 1 aliphatic heterocycles. The van der Waals surface area contributed by atoms with Crippen molar-refractivity contribution in [3.8, 4) is 0 Å². The lowest BCUT2D eigenvalue weighted by molar-refractivity contribution is -0.155. The second-order valence-electron chi connectivity index (χ2n) is 4.43. The van der Waals surface area contributed by atoms with Crippen molar-refractivity contribution in [2.75, 3.05) is 32.4 Å².